The normalized spacial score (nSPS) is 15.6. The quantitative estimate of drug-likeness (QED) is 0.649. The number of aliphatic imine (C=N–C) groups is 1. The molecule has 1 aliphatic heterocycles. The second-order valence-electron chi connectivity index (χ2n) is 6.51. The number of anilines is 1. The molecule has 1 N–H and O–H groups in total. The number of nitrogens with zero attached hydrogens (tertiary/aromatic N) is 5. The molecule has 140 valence electrons. The Morgan fingerprint density at radius 2 is 2.00 bits per heavy atom. The molecule has 0 unspecified atom stereocenters. The predicted octanol–water partition coefficient (Wildman–Crippen LogP) is 1.93. The average molecular weight is 360 g/mol. The Morgan fingerprint density at radius 1 is 1.27 bits per heavy atom. The molecular weight excluding hydrogens is 335 g/mol. The Bertz CT molecular complexity index is 693. The van der Waals surface area contributed by atoms with Crippen molar-refractivity contribution in [3.05, 3.63) is 42.4 Å². The molecule has 1 fully saturated rings. The first-order valence-electron chi connectivity index (χ1n) is 8.92. The van der Waals surface area contributed by atoms with Gasteiger partial charge < -0.3 is 19.5 Å². The van der Waals surface area contributed by atoms with Gasteiger partial charge in [-0.15, -0.1) is 0 Å². The zero-order valence-electron chi connectivity index (χ0n) is 15.2. The summed E-state index contributed by atoms with van der Waals surface area (Å²) in [7, 11) is 0. The summed E-state index contributed by atoms with van der Waals surface area (Å²) in [5.74, 6) is 2.00. The first kappa shape index (κ1) is 18.2. The molecule has 0 amide bonds. The molecule has 0 bridgehead atoms. The molecule has 2 aromatic rings. The second kappa shape index (κ2) is 8.64. The first-order valence-corrected chi connectivity index (χ1v) is 8.92. The van der Waals surface area contributed by atoms with Crippen molar-refractivity contribution in [3.63, 3.8) is 0 Å². The van der Waals surface area contributed by atoms with E-state index < -0.39 is 5.82 Å². The Morgan fingerprint density at radius 3 is 2.62 bits per heavy atom. The minimum atomic E-state index is -0.417. The van der Waals surface area contributed by atoms with E-state index in [0.717, 1.165) is 44.3 Å². The molecule has 26 heavy (non-hydrogen) atoms. The predicted molar refractivity (Wildman–Crippen MR) is 98.8 cm³/mol. The number of hydrogen-bond donors (Lipinski definition) is 1. The fourth-order valence-electron chi connectivity index (χ4n) is 2.81. The molecule has 0 aromatic carbocycles. The highest BCUT2D eigenvalue weighted by Gasteiger charge is 2.21. The highest BCUT2D eigenvalue weighted by Crippen LogP contribution is 2.11. The van der Waals surface area contributed by atoms with Gasteiger partial charge in [0.1, 0.15) is 5.76 Å². The molecular formula is C18H25FN6O. The van der Waals surface area contributed by atoms with Crippen molar-refractivity contribution >= 4 is 11.9 Å². The number of rotatable bonds is 5. The third-order valence-corrected chi connectivity index (χ3v) is 4.09. The summed E-state index contributed by atoms with van der Waals surface area (Å²) in [5.41, 5.74) is 0. The lowest BCUT2D eigenvalue weighted by Crippen LogP contribution is -2.54. The molecule has 1 saturated heterocycles. The second-order valence-corrected chi connectivity index (χ2v) is 6.51. The van der Waals surface area contributed by atoms with Gasteiger partial charge in [0.2, 0.25) is 5.95 Å². The molecule has 3 heterocycles. The monoisotopic (exact) mass is 360 g/mol. The van der Waals surface area contributed by atoms with Crippen LogP contribution in [-0.2, 0) is 6.42 Å². The zero-order valence-corrected chi connectivity index (χ0v) is 15.2. The Hall–Kier alpha value is -2.64. The molecule has 1 aliphatic rings. The SMILES string of the molecule is CC(C)NC(=NCCc1ccco1)N1CCN(c2ncc(F)cn2)CC1. The van der Waals surface area contributed by atoms with E-state index in [1.165, 1.54) is 12.4 Å². The molecule has 7 nitrogen and oxygen atoms in total. The smallest absolute Gasteiger partial charge is 0.225 e. The lowest BCUT2D eigenvalue weighted by atomic mass is 10.3. The van der Waals surface area contributed by atoms with E-state index in [4.69, 9.17) is 9.41 Å². The summed E-state index contributed by atoms with van der Waals surface area (Å²) in [6.45, 7) is 8.02. The van der Waals surface area contributed by atoms with Crippen LogP contribution in [0.25, 0.3) is 0 Å². The molecule has 0 spiro atoms. The average Bonchev–Trinajstić information content (AvgIpc) is 3.15. The van der Waals surface area contributed by atoms with Crippen molar-refractivity contribution in [2.75, 3.05) is 37.6 Å². The van der Waals surface area contributed by atoms with Crippen LogP contribution < -0.4 is 10.2 Å². The molecule has 8 heteroatoms. The maximum Gasteiger partial charge on any atom is 0.225 e. The minimum Gasteiger partial charge on any atom is -0.469 e. The zero-order chi connectivity index (χ0) is 18.4. The van der Waals surface area contributed by atoms with E-state index in [2.05, 4.69) is 38.9 Å². The third-order valence-electron chi connectivity index (χ3n) is 4.09. The van der Waals surface area contributed by atoms with Crippen LogP contribution >= 0.6 is 0 Å². The number of guanidine groups is 1. The van der Waals surface area contributed by atoms with Gasteiger partial charge in [0.25, 0.3) is 0 Å². The van der Waals surface area contributed by atoms with Crippen molar-refractivity contribution < 1.29 is 8.81 Å². The van der Waals surface area contributed by atoms with Gasteiger partial charge in [-0.1, -0.05) is 0 Å². The van der Waals surface area contributed by atoms with Crippen LogP contribution in [0.3, 0.4) is 0 Å². The van der Waals surface area contributed by atoms with Crippen LogP contribution in [0.15, 0.2) is 40.2 Å². The fraction of sp³-hybridized carbons (Fsp3) is 0.500. The summed E-state index contributed by atoms with van der Waals surface area (Å²) in [6.07, 6.45) is 4.87. The Labute approximate surface area is 152 Å². The molecule has 2 aromatic heterocycles. The van der Waals surface area contributed by atoms with Crippen LogP contribution in [0.2, 0.25) is 0 Å². The van der Waals surface area contributed by atoms with Crippen molar-refractivity contribution in [1.29, 1.82) is 0 Å². The molecule has 0 saturated carbocycles. The van der Waals surface area contributed by atoms with Gasteiger partial charge in [-0.25, -0.2) is 14.4 Å². The third kappa shape index (κ3) is 4.93. The lowest BCUT2D eigenvalue weighted by molar-refractivity contribution is 0.365. The van der Waals surface area contributed by atoms with Crippen LogP contribution in [-0.4, -0.2) is 59.6 Å². The van der Waals surface area contributed by atoms with Crippen molar-refractivity contribution in [2.24, 2.45) is 4.99 Å². The number of nitrogens with one attached hydrogen (secondary N) is 1. The van der Waals surface area contributed by atoms with E-state index in [9.17, 15) is 4.39 Å². The van der Waals surface area contributed by atoms with E-state index in [1.54, 1.807) is 6.26 Å². The van der Waals surface area contributed by atoms with E-state index in [-0.39, 0.29) is 0 Å². The van der Waals surface area contributed by atoms with Gasteiger partial charge in [-0.3, -0.25) is 4.99 Å². The van der Waals surface area contributed by atoms with E-state index >= 15 is 0 Å². The lowest BCUT2D eigenvalue weighted by Gasteiger charge is -2.37. The summed E-state index contributed by atoms with van der Waals surface area (Å²) >= 11 is 0. The Kier molecular flexibility index (Phi) is 6.04. The van der Waals surface area contributed by atoms with Crippen molar-refractivity contribution in [1.82, 2.24) is 20.2 Å². The number of piperazine rings is 1. The van der Waals surface area contributed by atoms with E-state index in [0.29, 0.717) is 18.5 Å². The van der Waals surface area contributed by atoms with Gasteiger partial charge in [0.05, 0.1) is 18.7 Å². The van der Waals surface area contributed by atoms with E-state index in [1.807, 2.05) is 12.1 Å². The number of aromatic nitrogens is 2. The van der Waals surface area contributed by atoms with Gasteiger partial charge in [0.15, 0.2) is 11.8 Å². The topological polar surface area (TPSA) is 69.8 Å². The van der Waals surface area contributed by atoms with Crippen LogP contribution in [0.5, 0.6) is 0 Å². The van der Waals surface area contributed by atoms with Crippen LogP contribution in [0.4, 0.5) is 10.3 Å². The first-order chi connectivity index (χ1) is 12.6. The highest BCUT2D eigenvalue weighted by atomic mass is 19.1. The molecule has 0 aliphatic carbocycles. The standard InChI is InChI=1S/C18H25FN6O/c1-14(2)23-18(20-6-5-16-4-3-11-26-16)25-9-7-24(8-10-25)17-21-12-15(19)13-22-17/h3-4,11-14H,5-10H2,1-2H3,(H,20,23). The minimum absolute atomic E-state index is 0.302. The van der Waals surface area contributed by atoms with Crippen molar-refractivity contribution in [2.45, 2.75) is 26.3 Å². The van der Waals surface area contributed by atoms with Gasteiger partial charge in [0, 0.05) is 45.2 Å². The maximum absolute atomic E-state index is 13.0. The summed E-state index contributed by atoms with van der Waals surface area (Å²) in [4.78, 5) is 17.2. The van der Waals surface area contributed by atoms with Crippen molar-refractivity contribution in [3.8, 4) is 0 Å². The largest absolute Gasteiger partial charge is 0.469 e. The number of hydrogen-bond acceptors (Lipinski definition) is 5. The maximum atomic E-state index is 13.0. The number of halogens is 1. The van der Waals surface area contributed by atoms with Gasteiger partial charge in [-0.2, -0.15) is 0 Å². The molecule has 0 atom stereocenters. The Balaban J connectivity index is 1.58. The summed E-state index contributed by atoms with van der Waals surface area (Å²) in [5, 5.41) is 3.44. The van der Waals surface area contributed by atoms with Gasteiger partial charge in [-0.05, 0) is 26.0 Å². The molecule has 0 radical (unpaired) electrons. The summed E-state index contributed by atoms with van der Waals surface area (Å²) in [6, 6.07) is 4.16. The van der Waals surface area contributed by atoms with Gasteiger partial charge >= 0.3 is 0 Å². The number of furan rings is 1. The fourth-order valence-corrected chi connectivity index (χ4v) is 2.81. The van der Waals surface area contributed by atoms with Crippen LogP contribution in [0, 0.1) is 5.82 Å². The molecule has 3 rings (SSSR count). The van der Waals surface area contributed by atoms with Crippen LogP contribution in [0.1, 0.15) is 19.6 Å². The highest BCUT2D eigenvalue weighted by molar-refractivity contribution is 5.80. The summed E-state index contributed by atoms with van der Waals surface area (Å²) < 4.78 is 18.3.